The molecule has 166 valence electrons. The third-order valence-electron chi connectivity index (χ3n) is 6.56. The number of hydrogen-bond acceptors (Lipinski definition) is 2. The molecule has 4 nitrogen and oxygen atoms in total. The zero-order valence-corrected chi connectivity index (χ0v) is 20.2. The van der Waals surface area contributed by atoms with E-state index in [4.69, 9.17) is 12.2 Å². The van der Waals surface area contributed by atoms with Crippen molar-refractivity contribution in [3.63, 3.8) is 0 Å². The fourth-order valence-corrected chi connectivity index (χ4v) is 5.27. The number of thiocarbonyl (C=S) groups is 1. The van der Waals surface area contributed by atoms with Crippen LogP contribution in [0.5, 0.6) is 0 Å². The van der Waals surface area contributed by atoms with Crippen LogP contribution in [0.15, 0.2) is 79.0 Å². The summed E-state index contributed by atoms with van der Waals surface area (Å²) in [5.41, 5.74) is 9.44. The molecule has 1 aliphatic heterocycles. The predicted octanol–water partition coefficient (Wildman–Crippen LogP) is 6.28. The van der Waals surface area contributed by atoms with Crippen LogP contribution in [0.2, 0.25) is 0 Å². The van der Waals surface area contributed by atoms with Gasteiger partial charge in [0.1, 0.15) is 0 Å². The molecule has 0 unspecified atom stereocenters. The molecule has 4 aromatic rings. The van der Waals surface area contributed by atoms with Gasteiger partial charge in [-0.2, -0.15) is 0 Å². The number of benzene rings is 2. The third-order valence-corrected chi connectivity index (χ3v) is 6.87. The zero-order chi connectivity index (χ0) is 23.1. The van der Waals surface area contributed by atoms with Gasteiger partial charge in [-0.3, -0.25) is 4.98 Å². The van der Waals surface area contributed by atoms with E-state index < -0.39 is 0 Å². The quantitative estimate of drug-likeness (QED) is 0.369. The number of rotatable bonds is 4. The molecule has 33 heavy (non-hydrogen) atoms. The standard InChI is InChI=1S/C28H28N4S/c1-18-12-14-22(15-13-18)32-27(26(30-28(32)33)24-10-7-8-16-29-24)23-17-20(3)31(21(23)4)25-11-6-5-9-19(25)2/h5-17,26-27H,1-4H3,(H,30,33)/t26-,27+/m1/s1. The maximum absolute atomic E-state index is 5.89. The van der Waals surface area contributed by atoms with E-state index in [9.17, 15) is 0 Å². The third kappa shape index (κ3) is 3.72. The van der Waals surface area contributed by atoms with Gasteiger partial charge in [0.15, 0.2) is 5.11 Å². The SMILES string of the molecule is Cc1ccc(N2C(=S)N[C@H](c3ccccn3)[C@@H]2c2cc(C)n(-c3ccccc3C)c2C)cc1. The highest BCUT2D eigenvalue weighted by atomic mass is 32.1. The van der Waals surface area contributed by atoms with E-state index in [1.807, 2.05) is 18.3 Å². The summed E-state index contributed by atoms with van der Waals surface area (Å²) in [6.07, 6.45) is 1.85. The Kier molecular flexibility index (Phi) is 5.51. The van der Waals surface area contributed by atoms with Crippen molar-refractivity contribution in [3.05, 3.63) is 113 Å². The Morgan fingerprint density at radius 3 is 2.30 bits per heavy atom. The van der Waals surface area contributed by atoms with E-state index in [0.29, 0.717) is 0 Å². The summed E-state index contributed by atoms with van der Waals surface area (Å²) in [5.74, 6) is 0. The van der Waals surface area contributed by atoms with E-state index in [0.717, 1.165) is 16.5 Å². The second-order valence-electron chi connectivity index (χ2n) is 8.78. The number of anilines is 1. The lowest BCUT2D eigenvalue weighted by atomic mass is 9.96. The topological polar surface area (TPSA) is 33.1 Å². The monoisotopic (exact) mass is 452 g/mol. The van der Waals surface area contributed by atoms with Gasteiger partial charge < -0.3 is 14.8 Å². The molecule has 0 saturated carbocycles. The molecule has 0 amide bonds. The molecular formula is C28H28N4S. The van der Waals surface area contributed by atoms with Crippen molar-refractivity contribution in [1.29, 1.82) is 0 Å². The van der Waals surface area contributed by atoms with Crippen LogP contribution >= 0.6 is 12.2 Å². The van der Waals surface area contributed by atoms with E-state index >= 15 is 0 Å². The zero-order valence-electron chi connectivity index (χ0n) is 19.4. The van der Waals surface area contributed by atoms with Crippen molar-refractivity contribution in [2.75, 3.05) is 4.90 Å². The molecule has 1 saturated heterocycles. The Bertz CT molecular complexity index is 1310. The second-order valence-corrected chi connectivity index (χ2v) is 9.17. The van der Waals surface area contributed by atoms with Crippen molar-refractivity contribution in [1.82, 2.24) is 14.9 Å². The van der Waals surface area contributed by atoms with E-state index in [-0.39, 0.29) is 12.1 Å². The molecule has 0 aliphatic carbocycles. The molecule has 3 heterocycles. The molecule has 0 bridgehead atoms. The van der Waals surface area contributed by atoms with E-state index in [2.05, 4.69) is 108 Å². The highest BCUT2D eigenvalue weighted by Gasteiger charge is 2.42. The molecule has 2 aromatic carbocycles. The fraction of sp³-hybridized carbons (Fsp3) is 0.214. The molecule has 5 heteroatoms. The smallest absolute Gasteiger partial charge is 0.174 e. The average Bonchev–Trinajstić information content (AvgIpc) is 3.31. The Morgan fingerprint density at radius 1 is 0.879 bits per heavy atom. The van der Waals surface area contributed by atoms with Crippen LogP contribution in [-0.4, -0.2) is 14.7 Å². The van der Waals surface area contributed by atoms with Gasteiger partial charge in [0.05, 0.1) is 17.8 Å². The summed E-state index contributed by atoms with van der Waals surface area (Å²) in [4.78, 5) is 6.94. The first-order chi connectivity index (χ1) is 16.0. The van der Waals surface area contributed by atoms with Gasteiger partial charge in [0.2, 0.25) is 0 Å². The molecule has 1 fully saturated rings. The Hall–Kier alpha value is -3.44. The van der Waals surface area contributed by atoms with Crippen molar-refractivity contribution < 1.29 is 0 Å². The largest absolute Gasteiger partial charge is 0.351 e. The maximum Gasteiger partial charge on any atom is 0.174 e. The van der Waals surface area contributed by atoms with Crippen molar-refractivity contribution in [2.24, 2.45) is 0 Å². The van der Waals surface area contributed by atoms with Crippen LogP contribution in [0.3, 0.4) is 0 Å². The minimum Gasteiger partial charge on any atom is -0.351 e. The number of hydrogen-bond donors (Lipinski definition) is 1. The molecule has 1 aliphatic rings. The van der Waals surface area contributed by atoms with Crippen LogP contribution < -0.4 is 10.2 Å². The van der Waals surface area contributed by atoms with Crippen LogP contribution in [0.4, 0.5) is 5.69 Å². The van der Waals surface area contributed by atoms with Crippen LogP contribution in [0.1, 0.15) is 45.9 Å². The summed E-state index contributed by atoms with van der Waals surface area (Å²) in [5, 5.41) is 4.30. The highest BCUT2D eigenvalue weighted by Crippen LogP contribution is 2.43. The van der Waals surface area contributed by atoms with E-state index in [1.165, 1.54) is 33.8 Å². The first kappa shape index (κ1) is 21.4. The summed E-state index contributed by atoms with van der Waals surface area (Å²) >= 11 is 5.89. The molecule has 0 radical (unpaired) electrons. The lowest BCUT2D eigenvalue weighted by molar-refractivity contribution is 0.565. The molecule has 0 spiro atoms. The first-order valence-corrected chi connectivity index (χ1v) is 11.7. The lowest BCUT2D eigenvalue weighted by Crippen LogP contribution is -2.29. The average molecular weight is 453 g/mol. The van der Waals surface area contributed by atoms with Crippen molar-refractivity contribution in [2.45, 2.75) is 39.8 Å². The van der Waals surface area contributed by atoms with Crippen LogP contribution in [0, 0.1) is 27.7 Å². The van der Waals surface area contributed by atoms with Crippen molar-refractivity contribution in [3.8, 4) is 5.69 Å². The number of nitrogens with zero attached hydrogens (tertiary/aromatic N) is 3. The highest BCUT2D eigenvalue weighted by molar-refractivity contribution is 7.80. The van der Waals surface area contributed by atoms with Crippen molar-refractivity contribution >= 4 is 23.0 Å². The van der Waals surface area contributed by atoms with E-state index in [1.54, 1.807) is 0 Å². The Morgan fingerprint density at radius 2 is 1.61 bits per heavy atom. The summed E-state index contributed by atoms with van der Waals surface area (Å²) in [6.45, 7) is 8.65. The van der Waals surface area contributed by atoms with Gasteiger partial charge >= 0.3 is 0 Å². The van der Waals surface area contributed by atoms with Gasteiger partial charge in [0.25, 0.3) is 0 Å². The van der Waals surface area contributed by atoms with Gasteiger partial charge in [-0.1, -0.05) is 42.0 Å². The summed E-state index contributed by atoms with van der Waals surface area (Å²) < 4.78 is 2.36. The summed E-state index contributed by atoms with van der Waals surface area (Å²) in [7, 11) is 0. The number of pyridine rings is 1. The first-order valence-electron chi connectivity index (χ1n) is 11.3. The molecular weight excluding hydrogens is 424 g/mol. The number of aromatic nitrogens is 2. The summed E-state index contributed by atoms with van der Waals surface area (Å²) in [6, 6.07) is 25.4. The van der Waals surface area contributed by atoms with Gasteiger partial charge in [0, 0.05) is 29.0 Å². The minimum absolute atomic E-state index is 0.0147. The van der Waals surface area contributed by atoms with Crippen LogP contribution in [-0.2, 0) is 0 Å². The van der Waals surface area contributed by atoms with Crippen LogP contribution in [0.25, 0.3) is 5.69 Å². The fourth-order valence-electron chi connectivity index (χ4n) is 4.93. The predicted molar refractivity (Wildman–Crippen MR) is 139 cm³/mol. The lowest BCUT2D eigenvalue weighted by Gasteiger charge is -2.28. The normalized spacial score (nSPS) is 17.9. The maximum atomic E-state index is 5.89. The molecule has 2 atom stereocenters. The molecule has 1 N–H and O–H groups in total. The van der Waals surface area contributed by atoms with Gasteiger partial charge in [-0.15, -0.1) is 0 Å². The molecule has 2 aromatic heterocycles. The minimum atomic E-state index is -0.0502. The van der Waals surface area contributed by atoms with Gasteiger partial charge in [-0.25, -0.2) is 0 Å². The number of para-hydroxylation sites is 1. The Labute approximate surface area is 200 Å². The number of aryl methyl sites for hydroxylation is 3. The molecule has 5 rings (SSSR count). The van der Waals surface area contributed by atoms with Gasteiger partial charge in [-0.05, 0) is 87.4 Å². The second kappa shape index (κ2) is 8.49. The Balaban J connectivity index is 1.69. The number of nitrogens with one attached hydrogen (secondary N) is 1.